The standard InChI is InChI=1S/C19H25NOS/c1-19(2,3)22-18(14-10-12-15(21-5)13-11-14)16-8-6-7-9-17(16)20-4/h6-13,18,20H,1-5H3/t18-/m0/s1. The zero-order chi connectivity index (χ0) is 16.2. The fourth-order valence-electron chi connectivity index (χ4n) is 2.40. The van der Waals surface area contributed by atoms with Crippen molar-refractivity contribution in [2.24, 2.45) is 0 Å². The zero-order valence-electron chi connectivity index (χ0n) is 14.0. The lowest BCUT2D eigenvalue weighted by Crippen LogP contribution is -2.13. The molecule has 1 N–H and O–H groups in total. The molecule has 0 amide bonds. The molecule has 3 heteroatoms. The first-order chi connectivity index (χ1) is 10.4. The van der Waals surface area contributed by atoms with E-state index in [-0.39, 0.29) is 10.00 Å². The van der Waals surface area contributed by atoms with E-state index in [1.165, 1.54) is 16.8 Å². The molecule has 0 saturated heterocycles. The van der Waals surface area contributed by atoms with Gasteiger partial charge in [0.2, 0.25) is 0 Å². The Morgan fingerprint density at radius 1 is 1.00 bits per heavy atom. The number of methoxy groups -OCH3 is 1. The van der Waals surface area contributed by atoms with Gasteiger partial charge in [-0.05, 0) is 29.3 Å². The maximum atomic E-state index is 5.28. The lowest BCUT2D eigenvalue weighted by molar-refractivity contribution is 0.414. The molecule has 0 fully saturated rings. The highest BCUT2D eigenvalue weighted by Crippen LogP contribution is 2.45. The first-order valence-electron chi connectivity index (χ1n) is 7.53. The summed E-state index contributed by atoms with van der Waals surface area (Å²) >= 11 is 1.97. The van der Waals surface area contributed by atoms with E-state index in [4.69, 9.17) is 4.74 Å². The highest BCUT2D eigenvalue weighted by Gasteiger charge is 2.24. The number of thioether (sulfide) groups is 1. The predicted molar refractivity (Wildman–Crippen MR) is 98.2 cm³/mol. The van der Waals surface area contributed by atoms with Crippen LogP contribution >= 0.6 is 11.8 Å². The van der Waals surface area contributed by atoms with Crippen LogP contribution in [0.5, 0.6) is 5.75 Å². The second kappa shape index (κ2) is 7.10. The number of hydrogen-bond donors (Lipinski definition) is 1. The van der Waals surface area contributed by atoms with Gasteiger partial charge in [-0.2, -0.15) is 0 Å². The van der Waals surface area contributed by atoms with Crippen LogP contribution in [0.4, 0.5) is 5.69 Å². The number of benzene rings is 2. The van der Waals surface area contributed by atoms with E-state index in [2.05, 4.69) is 62.5 Å². The molecule has 1 atom stereocenters. The van der Waals surface area contributed by atoms with Gasteiger partial charge in [0.25, 0.3) is 0 Å². The van der Waals surface area contributed by atoms with Gasteiger partial charge in [-0.25, -0.2) is 0 Å². The minimum atomic E-state index is 0.172. The van der Waals surface area contributed by atoms with Gasteiger partial charge in [-0.1, -0.05) is 51.1 Å². The number of rotatable bonds is 5. The monoisotopic (exact) mass is 315 g/mol. The first kappa shape index (κ1) is 16.8. The van der Waals surface area contributed by atoms with Crippen molar-refractivity contribution in [1.29, 1.82) is 0 Å². The molecule has 0 aliphatic carbocycles. The molecule has 0 heterocycles. The third-order valence-electron chi connectivity index (χ3n) is 3.40. The summed E-state index contributed by atoms with van der Waals surface area (Å²) in [6.45, 7) is 6.78. The van der Waals surface area contributed by atoms with Crippen LogP contribution in [0.15, 0.2) is 48.5 Å². The third-order valence-corrected chi connectivity index (χ3v) is 4.87. The van der Waals surface area contributed by atoms with Crippen molar-refractivity contribution in [2.75, 3.05) is 19.5 Å². The molecule has 2 aromatic rings. The molecule has 0 aromatic heterocycles. The van der Waals surface area contributed by atoms with Crippen molar-refractivity contribution < 1.29 is 4.74 Å². The Bertz CT molecular complexity index is 602. The smallest absolute Gasteiger partial charge is 0.118 e. The average molecular weight is 315 g/mol. The molecule has 0 saturated carbocycles. The number of para-hydroxylation sites is 1. The lowest BCUT2D eigenvalue weighted by atomic mass is 10.0. The highest BCUT2D eigenvalue weighted by molar-refractivity contribution is 8.01. The van der Waals surface area contributed by atoms with Crippen LogP contribution in [-0.4, -0.2) is 18.9 Å². The Hall–Kier alpha value is -1.61. The molecule has 118 valence electrons. The maximum absolute atomic E-state index is 5.28. The second-order valence-electron chi connectivity index (χ2n) is 6.22. The molecular weight excluding hydrogens is 290 g/mol. The van der Waals surface area contributed by atoms with Crippen LogP contribution in [0.25, 0.3) is 0 Å². The molecule has 2 nitrogen and oxygen atoms in total. The Kier molecular flexibility index (Phi) is 5.41. The molecular formula is C19H25NOS. The molecule has 22 heavy (non-hydrogen) atoms. The van der Waals surface area contributed by atoms with Gasteiger partial charge in [-0.3, -0.25) is 0 Å². The van der Waals surface area contributed by atoms with Gasteiger partial charge in [-0.15, -0.1) is 11.8 Å². The molecule has 0 unspecified atom stereocenters. The molecule has 0 bridgehead atoms. The van der Waals surface area contributed by atoms with Crippen LogP contribution in [-0.2, 0) is 0 Å². The predicted octanol–water partition coefficient (Wildman–Crippen LogP) is 5.36. The molecule has 0 aliphatic rings. The van der Waals surface area contributed by atoms with E-state index in [9.17, 15) is 0 Å². The lowest BCUT2D eigenvalue weighted by Gasteiger charge is -2.28. The van der Waals surface area contributed by atoms with E-state index in [1.54, 1.807) is 7.11 Å². The molecule has 0 spiro atoms. The Morgan fingerprint density at radius 2 is 1.64 bits per heavy atom. The second-order valence-corrected chi connectivity index (χ2v) is 8.15. The van der Waals surface area contributed by atoms with Gasteiger partial charge in [0, 0.05) is 17.5 Å². The van der Waals surface area contributed by atoms with E-state index in [0.29, 0.717) is 0 Å². The zero-order valence-corrected chi connectivity index (χ0v) is 14.8. The van der Waals surface area contributed by atoms with Gasteiger partial charge in [0.05, 0.1) is 12.4 Å². The molecule has 0 radical (unpaired) electrons. The van der Waals surface area contributed by atoms with Crippen LogP contribution in [0.2, 0.25) is 0 Å². The van der Waals surface area contributed by atoms with Crippen molar-refractivity contribution in [1.82, 2.24) is 0 Å². The van der Waals surface area contributed by atoms with Gasteiger partial charge >= 0.3 is 0 Å². The summed E-state index contributed by atoms with van der Waals surface area (Å²) < 4.78 is 5.45. The summed E-state index contributed by atoms with van der Waals surface area (Å²) in [5, 5.41) is 3.60. The summed E-state index contributed by atoms with van der Waals surface area (Å²) in [7, 11) is 3.68. The molecule has 2 aromatic carbocycles. The normalized spacial score (nSPS) is 12.8. The van der Waals surface area contributed by atoms with Crippen LogP contribution < -0.4 is 10.1 Å². The highest BCUT2D eigenvalue weighted by atomic mass is 32.2. The number of nitrogens with one attached hydrogen (secondary N) is 1. The molecule has 2 rings (SSSR count). The summed E-state index contributed by atoms with van der Waals surface area (Å²) in [5.41, 5.74) is 3.79. The fraction of sp³-hybridized carbons (Fsp3) is 0.368. The summed E-state index contributed by atoms with van der Waals surface area (Å²) in [6, 6.07) is 16.9. The minimum absolute atomic E-state index is 0.172. The number of anilines is 1. The van der Waals surface area contributed by atoms with Crippen molar-refractivity contribution in [3.05, 3.63) is 59.7 Å². The Morgan fingerprint density at radius 3 is 2.18 bits per heavy atom. The van der Waals surface area contributed by atoms with E-state index in [1.807, 2.05) is 30.9 Å². The summed E-state index contributed by atoms with van der Waals surface area (Å²) in [4.78, 5) is 0. The first-order valence-corrected chi connectivity index (χ1v) is 8.41. The van der Waals surface area contributed by atoms with Crippen molar-refractivity contribution in [3.63, 3.8) is 0 Å². The minimum Gasteiger partial charge on any atom is -0.497 e. The number of ether oxygens (including phenoxy) is 1. The fourth-order valence-corrected chi connectivity index (χ4v) is 3.73. The van der Waals surface area contributed by atoms with E-state index < -0.39 is 0 Å². The largest absolute Gasteiger partial charge is 0.497 e. The van der Waals surface area contributed by atoms with Crippen LogP contribution in [0.1, 0.15) is 37.1 Å². The molecule has 0 aliphatic heterocycles. The van der Waals surface area contributed by atoms with Crippen LogP contribution in [0.3, 0.4) is 0 Å². The van der Waals surface area contributed by atoms with Crippen molar-refractivity contribution in [2.45, 2.75) is 30.8 Å². The van der Waals surface area contributed by atoms with Gasteiger partial charge in [0.1, 0.15) is 5.75 Å². The van der Waals surface area contributed by atoms with Gasteiger partial charge < -0.3 is 10.1 Å². The Balaban J connectivity index is 2.45. The third kappa shape index (κ3) is 4.20. The maximum Gasteiger partial charge on any atom is 0.118 e. The van der Waals surface area contributed by atoms with E-state index >= 15 is 0 Å². The average Bonchev–Trinajstić information content (AvgIpc) is 2.52. The quantitative estimate of drug-likeness (QED) is 0.802. The number of hydrogen-bond acceptors (Lipinski definition) is 3. The van der Waals surface area contributed by atoms with E-state index in [0.717, 1.165) is 5.75 Å². The van der Waals surface area contributed by atoms with Crippen molar-refractivity contribution in [3.8, 4) is 5.75 Å². The van der Waals surface area contributed by atoms with Gasteiger partial charge in [0.15, 0.2) is 0 Å². The van der Waals surface area contributed by atoms with Crippen molar-refractivity contribution >= 4 is 17.4 Å². The van der Waals surface area contributed by atoms with Crippen LogP contribution in [0, 0.1) is 0 Å². The SMILES string of the molecule is CNc1ccccc1[C@@H](SC(C)(C)C)c1ccc(OC)cc1. The topological polar surface area (TPSA) is 21.3 Å². The summed E-state index contributed by atoms with van der Waals surface area (Å²) in [6.07, 6.45) is 0. The Labute approximate surface area is 138 Å². The summed E-state index contributed by atoms with van der Waals surface area (Å²) in [5.74, 6) is 0.894.